The van der Waals surface area contributed by atoms with Crippen LogP contribution < -0.4 is 4.90 Å². The number of aromatic carboxylic acids is 1. The molecule has 2 N–H and O–H groups in total. The SMILES string of the molecule is O=C(O)c1ccc2c(c1)CCN2CC1(O)CCCC1. The summed E-state index contributed by atoms with van der Waals surface area (Å²) in [7, 11) is 0. The third kappa shape index (κ3) is 2.32. The van der Waals surface area contributed by atoms with Crippen LogP contribution in [0.1, 0.15) is 41.6 Å². The number of aliphatic hydroxyl groups is 1. The van der Waals surface area contributed by atoms with Crippen molar-refractivity contribution in [1.82, 2.24) is 0 Å². The Balaban J connectivity index is 1.80. The van der Waals surface area contributed by atoms with E-state index in [1.165, 1.54) is 0 Å². The van der Waals surface area contributed by atoms with Crippen LogP contribution in [0.25, 0.3) is 0 Å². The molecule has 1 heterocycles. The fourth-order valence-electron chi connectivity index (χ4n) is 3.31. The van der Waals surface area contributed by atoms with E-state index in [-0.39, 0.29) is 0 Å². The van der Waals surface area contributed by atoms with Crippen LogP contribution >= 0.6 is 0 Å². The average molecular weight is 261 g/mol. The van der Waals surface area contributed by atoms with E-state index in [2.05, 4.69) is 4.90 Å². The van der Waals surface area contributed by atoms with Gasteiger partial charge in [-0.05, 0) is 43.0 Å². The number of β-amino-alcohol motifs (C(OH)–C–C–N with tert-alkyl or cyclic N) is 1. The summed E-state index contributed by atoms with van der Waals surface area (Å²) < 4.78 is 0. The number of fused-ring (bicyclic) bond motifs is 1. The van der Waals surface area contributed by atoms with E-state index in [9.17, 15) is 9.90 Å². The molecule has 1 saturated carbocycles. The van der Waals surface area contributed by atoms with Gasteiger partial charge < -0.3 is 15.1 Å². The lowest BCUT2D eigenvalue weighted by Crippen LogP contribution is -2.40. The highest BCUT2D eigenvalue weighted by Gasteiger charge is 2.35. The van der Waals surface area contributed by atoms with E-state index < -0.39 is 11.6 Å². The molecular weight excluding hydrogens is 242 g/mol. The lowest BCUT2D eigenvalue weighted by atomic mass is 10.0. The summed E-state index contributed by atoms with van der Waals surface area (Å²) in [6, 6.07) is 5.29. The van der Waals surface area contributed by atoms with Gasteiger partial charge in [0.2, 0.25) is 0 Å². The molecule has 4 nitrogen and oxygen atoms in total. The van der Waals surface area contributed by atoms with Crippen molar-refractivity contribution in [2.75, 3.05) is 18.0 Å². The molecule has 0 aromatic heterocycles. The Bertz CT molecular complexity index is 506. The minimum Gasteiger partial charge on any atom is -0.478 e. The predicted molar refractivity (Wildman–Crippen MR) is 72.7 cm³/mol. The number of hydrogen-bond donors (Lipinski definition) is 2. The van der Waals surface area contributed by atoms with Crippen molar-refractivity contribution in [3.05, 3.63) is 29.3 Å². The van der Waals surface area contributed by atoms with Crippen LogP contribution in [-0.4, -0.2) is 34.9 Å². The molecule has 2 aliphatic rings. The summed E-state index contributed by atoms with van der Waals surface area (Å²) in [4.78, 5) is 13.2. The second kappa shape index (κ2) is 4.53. The molecular formula is C15H19NO3. The molecule has 0 saturated heterocycles. The van der Waals surface area contributed by atoms with Crippen molar-refractivity contribution in [3.63, 3.8) is 0 Å². The van der Waals surface area contributed by atoms with Gasteiger partial charge in [0.1, 0.15) is 0 Å². The molecule has 1 aromatic rings. The van der Waals surface area contributed by atoms with Crippen molar-refractivity contribution >= 4 is 11.7 Å². The van der Waals surface area contributed by atoms with Crippen LogP contribution in [0.5, 0.6) is 0 Å². The van der Waals surface area contributed by atoms with Crippen molar-refractivity contribution in [1.29, 1.82) is 0 Å². The first-order chi connectivity index (χ1) is 9.07. The fraction of sp³-hybridized carbons (Fsp3) is 0.533. The molecule has 1 fully saturated rings. The standard InChI is InChI=1S/C15H19NO3/c17-14(18)12-3-4-13-11(9-12)5-8-16(13)10-15(19)6-1-2-7-15/h3-4,9,19H,1-2,5-8,10H2,(H,17,18). The maximum absolute atomic E-state index is 11.0. The first-order valence-corrected chi connectivity index (χ1v) is 6.91. The Morgan fingerprint density at radius 2 is 2.05 bits per heavy atom. The molecule has 19 heavy (non-hydrogen) atoms. The van der Waals surface area contributed by atoms with E-state index in [1.54, 1.807) is 12.1 Å². The summed E-state index contributed by atoms with van der Waals surface area (Å²) in [5.41, 5.74) is 1.97. The molecule has 0 bridgehead atoms. The van der Waals surface area contributed by atoms with Crippen LogP contribution in [0.15, 0.2) is 18.2 Å². The number of nitrogens with zero attached hydrogens (tertiary/aromatic N) is 1. The van der Waals surface area contributed by atoms with Gasteiger partial charge in [0, 0.05) is 18.8 Å². The zero-order valence-corrected chi connectivity index (χ0v) is 10.9. The highest BCUT2D eigenvalue weighted by atomic mass is 16.4. The van der Waals surface area contributed by atoms with Gasteiger partial charge in [-0.1, -0.05) is 12.8 Å². The molecule has 3 rings (SSSR count). The molecule has 102 valence electrons. The Hall–Kier alpha value is -1.55. The number of benzene rings is 1. The second-order valence-electron chi connectivity index (χ2n) is 5.75. The second-order valence-corrected chi connectivity index (χ2v) is 5.75. The van der Waals surface area contributed by atoms with Gasteiger partial charge in [0.15, 0.2) is 0 Å². The monoisotopic (exact) mass is 261 g/mol. The van der Waals surface area contributed by atoms with Gasteiger partial charge in [0.25, 0.3) is 0 Å². The zero-order chi connectivity index (χ0) is 13.5. The van der Waals surface area contributed by atoms with Gasteiger partial charge >= 0.3 is 5.97 Å². The number of hydrogen-bond acceptors (Lipinski definition) is 3. The third-order valence-corrected chi connectivity index (χ3v) is 4.34. The van der Waals surface area contributed by atoms with Crippen LogP contribution in [0.3, 0.4) is 0 Å². The van der Waals surface area contributed by atoms with Crippen molar-refractivity contribution in [3.8, 4) is 0 Å². The highest BCUT2D eigenvalue weighted by Crippen LogP contribution is 2.35. The maximum Gasteiger partial charge on any atom is 0.335 e. The topological polar surface area (TPSA) is 60.8 Å². The number of carboxylic acids is 1. The first kappa shape index (κ1) is 12.5. The predicted octanol–water partition coefficient (Wildman–Crippen LogP) is 2.05. The molecule has 1 aliphatic carbocycles. The lowest BCUT2D eigenvalue weighted by molar-refractivity contribution is 0.0552. The van der Waals surface area contributed by atoms with E-state index in [1.807, 2.05) is 6.07 Å². The molecule has 0 radical (unpaired) electrons. The summed E-state index contributed by atoms with van der Waals surface area (Å²) in [5.74, 6) is -0.879. The van der Waals surface area contributed by atoms with E-state index in [0.717, 1.165) is 49.9 Å². The number of anilines is 1. The molecule has 0 unspecified atom stereocenters. The zero-order valence-electron chi connectivity index (χ0n) is 10.9. The van der Waals surface area contributed by atoms with E-state index in [4.69, 9.17) is 5.11 Å². The summed E-state index contributed by atoms with van der Waals surface area (Å²) in [6.45, 7) is 1.55. The van der Waals surface area contributed by atoms with Crippen molar-refractivity contribution in [2.24, 2.45) is 0 Å². The smallest absolute Gasteiger partial charge is 0.335 e. The number of rotatable bonds is 3. The van der Waals surface area contributed by atoms with Gasteiger partial charge in [-0.3, -0.25) is 0 Å². The Morgan fingerprint density at radius 1 is 1.32 bits per heavy atom. The number of carboxylic acid groups (broad SMARTS) is 1. The van der Waals surface area contributed by atoms with E-state index in [0.29, 0.717) is 12.1 Å². The Kier molecular flexibility index (Phi) is 2.97. The molecule has 0 amide bonds. The van der Waals surface area contributed by atoms with E-state index >= 15 is 0 Å². The summed E-state index contributed by atoms with van der Waals surface area (Å²) in [6.07, 6.45) is 4.84. The van der Waals surface area contributed by atoms with Gasteiger partial charge in [-0.25, -0.2) is 4.79 Å². The van der Waals surface area contributed by atoms with Crippen molar-refractivity contribution < 1.29 is 15.0 Å². The first-order valence-electron chi connectivity index (χ1n) is 6.91. The third-order valence-electron chi connectivity index (χ3n) is 4.34. The minimum atomic E-state index is -0.879. The Morgan fingerprint density at radius 3 is 2.74 bits per heavy atom. The average Bonchev–Trinajstić information content (AvgIpc) is 2.97. The van der Waals surface area contributed by atoms with Crippen molar-refractivity contribution in [2.45, 2.75) is 37.7 Å². The van der Waals surface area contributed by atoms with Gasteiger partial charge in [-0.2, -0.15) is 0 Å². The van der Waals surface area contributed by atoms with Crippen LogP contribution in [0.4, 0.5) is 5.69 Å². The quantitative estimate of drug-likeness (QED) is 0.874. The molecule has 0 atom stereocenters. The fourth-order valence-corrected chi connectivity index (χ4v) is 3.31. The molecule has 1 aromatic carbocycles. The lowest BCUT2D eigenvalue weighted by Gasteiger charge is -2.30. The Labute approximate surface area is 112 Å². The van der Waals surface area contributed by atoms with Gasteiger partial charge in [-0.15, -0.1) is 0 Å². The molecule has 4 heteroatoms. The minimum absolute atomic E-state index is 0.347. The highest BCUT2D eigenvalue weighted by molar-refractivity contribution is 5.88. The van der Waals surface area contributed by atoms with Crippen LogP contribution in [0.2, 0.25) is 0 Å². The molecule has 0 spiro atoms. The maximum atomic E-state index is 11.0. The number of carbonyl (C=O) groups is 1. The largest absolute Gasteiger partial charge is 0.478 e. The van der Waals surface area contributed by atoms with Crippen LogP contribution in [-0.2, 0) is 6.42 Å². The van der Waals surface area contributed by atoms with Gasteiger partial charge in [0.05, 0.1) is 11.2 Å². The normalized spacial score (nSPS) is 20.6. The molecule has 1 aliphatic heterocycles. The van der Waals surface area contributed by atoms with Crippen LogP contribution in [0, 0.1) is 0 Å². The summed E-state index contributed by atoms with van der Waals surface area (Å²) in [5, 5.41) is 19.5. The summed E-state index contributed by atoms with van der Waals surface area (Å²) >= 11 is 0.